The first-order valence-corrected chi connectivity index (χ1v) is 7.14. The van der Waals surface area contributed by atoms with Crippen molar-refractivity contribution in [2.75, 3.05) is 32.7 Å². The zero-order valence-electron chi connectivity index (χ0n) is 12.2. The minimum atomic E-state index is 0.633. The molecule has 1 saturated heterocycles. The van der Waals surface area contributed by atoms with E-state index >= 15 is 0 Å². The van der Waals surface area contributed by atoms with Gasteiger partial charge in [-0.1, -0.05) is 26.0 Å². The van der Waals surface area contributed by atoms with Crippen LogP contribution in [-0.4, -0.2) is 48.6 Å². The summed E-state index contributed by atoms with van der Waals surface area (Å²) in [4.78, 5) is 5.20. The zero-order valence-corrected chi connectivity index (χ0v) is 12.2. The summed E-state index contributed by atoms with van der Waals surface area (Å²) in [6.45, 7) is 19.4. The lowest BCUT2D eigenvalue weighted by atomic mass is 10.0. The molecule has 0 spiro atoms. The topological polar surface area (TPSA) is 6.48 Å². The van der Waals surface area contributed by atoms with Crippen LogP contribution in [0.2, 0.25) is 0 Å². The van der Waals surface area contributed by atoms with Crippen molar-refractivity contribution >= 4 is 0 Å². The molecule has 1 fully saturated rings. The Morgan fingerprint density at radius 3 is 2.35 bits per heavy atom. The quantitative estimate of drug-likeness (QED) is 0.679. The SMILES string of the molecule is C=C(CCN1CCCN(C(C)C)CC1)C(C)C. The van der Waals surface area contributed by atoms with Crippen LogP contribution in [0, 0.1) is 5.92 Å². The van der Waals surface area contributed by atoms with Gasteiger partial charge in [0.25, 0.3) is 0 Å². The van der Waals surface area contributed by atoms with E-state index in [-0.39, 0.29) is 0 Å². The van der Waals surface area contributed by atoms with Gasteiger partial charge in [0.2, 0.25) is 0 Å². The fraction of sp³-hybridized carbons (Fsp3) is 0.867. The van der Waals surface area contributed by atoms with E-state index in [2.05, 4.69) is 44.1 Å². The summed E-state index contributed by atoms with van der Waals surface area (Å²) in [5.74, 6) is 0.633. The van der Waals surface area contributed by atoms with E-state index in [1.165, 1.54) is 51.1 Å². The fourth-order valence-electron chi connectivity index (χ4n) is 2.32. The van der Waals surface area contributed by atoms with Crippen LogP contribution in [0.4, 0.5) is 0 Å². The molecule has 0 N–H and O–H groups in total. The number of hydrogen-bond donors (Lipinski definition) is 0. The first-order chi connectivity index (χ1) is 8.00. The van der Waals surface area contributed by atoms with Crippen molar-refractivity contribution < 1.29 is 0 Å². The van der Waals surface area contributed by atoms with Crippen LogP contribution in [0.15, 0.2) is 12.2 Å². The summed E-state index contributed by atoms with van der Waals surface area (Å²) in [6, 6.07) is 0.695. The van der Waals surface area contributed by atoms with E-state index in [0.29, 0.717) is 12.0 Å². The van der Waals surface area contributed by atoms with Crippen LogP contribution >= 0.6 is 0 Å². The molecular weight excluding hydrogens is 208 g/mol. The summed E-state index contributed by atoms with van der Waals surface area (Å²) >= 11 is 0. The van der Waals surface area contributed by atoms with Crippen molar-refractivity contribution in [3.8, 4) is 0 Å². The molecule has 0 aliphatic carbocycles. The molecule has 0 amide bonds. The summed E-state index contributed by atoms with van der Waals surface area (Å²) < 4.78 is 0. The third kappa shape index (κ3) is 5.22. The van der Waals surface area contributed by atoms with Crippen molar-refractivity contribution in [1.82, 2.24) is 9.80 Å². The van der Waals surface area contributed by atoms with E-state index in [9.17, 15) is 0 Å². The molecule has 0 saturated carbocycles. The smallest absolute Gasteiger partial charge is 0.0112 e. The highest BCUT2D eigenvalue weighted by Gasteiger charge is 2.16. The first-order valence-electron chi connectivity index (χ1n) is 7.14. The third-order valence-electron chi connectivity index (χ3n) is 3.92. The van der Waals surface area contributed by atoms with E-state index < -0.39 is 0 Å². The van der Waals surface area contributed by atoms with Crippen LogP contribution in [0.5, 0.6) is 0 Å². The van der Waals surface area contributed by atoms with Gasteiger partial charge in [0.05, 0.1) is 0 Å². The standard InChI is InChI=1S/C15H30N2/c1-13(2)15(5)7-10-16-8-6-9-17(12-11-16)14(3)4/h13-14H,5-12H2,1-4H3. The molecule has 1 aliphatic rings. The second-order valence-electron chi connectivity index (χ2n) is 5.89. The summed E-state index contributed by atoms with van der Waals surface area (Å²) in [5, 5.41) is 0. The number of hydrogen-bond acceptors (Lipinski definition) is 2. The van der Waals surface area contributed by atoms with Crippen LogP contribution < -0.4 is 0 Å². The molecule has 2 heteroatoms. The Hall–Kier alpha value is -0.340. The molecule has 0 atom stereocenters. The lowest BCUT2D eigenvalue weighted by Gasteiger charge is -2.25. The Kier molecular flexibility index (Phi) is 6.21. The van der Waals surface area contributed by atoms with Gasteiger partial charge in [0.1, 0.15) is 0 Å². The zero-order chi connectivity index (χ0) is 12.8. The predicted molar refractivity (Wildman–Crippen MR) is 76.4 cm³/mol. The highest BCUT2D eigenvalue weighted by atomic mass is 15.2. The molecule has 2 nitrogen and oxygen atoms in total. The van der Waals surface area contributed by atoms with Gasteiger partial charge in [-0.15, -0.1) is 0 Å². The second kappa shape index (κ2) is 7.17. The summed E-state index contributed by atoms with van der Waals surface area (Å²) in [5.41, 5.74) is 1.40. The van der Waals surface area contributed by atoms with Gasteiger partial charge in [0.15, 0.2) is 0 Å². The summed E-state index contributed by atoms with van der Waals surface area (Å²) in [7, 11) is 0. The van der Waals surface area contributed by atoms with Gasteiger partial charge in [-0.05, 0) is 45.7 Å². The van der Waals surface area contributed by atoms with Crippen LogP contribution in [0.25, 0.3) is 0 Å². The molecule has 1 aliphatic heterocycles. The second-order valence-corrected chi connectivity index (χ2v) is 5.89. The van der Waals surface area contributed by atoms with E-state index in [1.54, 1.807) is 0 Å². The lowest BCUT2D eigenvalue weighted by Crippen LogP contribution is -2.35. The van der Waals surface area contributed by atoms with Gasteiger partial charge < -0.3 is 4.90 Å². The minimum Gasteiger partial charge on any atom is -0.302 e. The molecular formula is C15H30N2. The maximum absolute atomic E-state index is 4.17. The highest BCUT2D eigenvalue weighted by Crippen LogP contribution is 2.13. The van der Waals surface area contributed by atoms with Crippen LogP contribution in [0.3, 0.4) is 0 Å². The van der Waals surface area contributed by atoms with E-state index in [0.717, 1.165) is 0 Å². The van der Waals surface area contributed by atoms with Gasteiger partial charge >= 0.3 is 0 Å². The first kappa shape index (κ1) is 14.7. The van der Waals surface area contributed by atoms with Gasteiger partial charge in [-0.2, -0.15) is 0 Å². The van der Waals surface area contributed by atoms with E-state index in [1.807, 2.05) is 0 Å². The molecule has 0 radical (unpaired) electrons. The lowest BCUT2D eigenvalue weighted by molar-refractivity contribution is 0.220. The molecule has 0 aromatic rings. The molecule has 1 rings (SSSR count). The minimum absolute atomic E-state index is 0.633. The van der Waals surface area contributed by atoms with E-state index in [4.69, 9.17) is 0 Å². The normalized spacial score (nSPS) is 19.9. The Labute approximate surface area is 108 Å². The fourth-order valence-corrected chi connectivity index (χ4v) is 2.32. The van der Waals surface area contributed by atoms with Crippen LogP contribution in [-0.2, 0) is 0 Å². The highest BCUT2D eigenvalue weighted by molar-refractivity contribution is 4.97. The Bertz CT molecular complexity index is 233. The molecule has 100 valence electrons. The van der Waals surface area contributed by atoms with Crippen molar-refractivity contribution in [3.05, 3.63) is 12.2 Å². The maximum atomic E-state index is 4.17. The van der Waals surface area contributed by atoms with Gasteiger partial charge in [-0.25, -0.2) is 0 Å². The molecule has 17 heavy (non-hydrogen) atoms. The maximum Gasteiger partial charge on any atom is 0.0112 e. The third-order valence-corrected chi connectivity index (χ3v) is 3.92. The Morgan fingerprint density at radius 2 is 1.76 bits per heavy atom. The predicted octanol–water partition coefficient (Wildman–Crippen LogP) is 3.00. The van der Waals surface area contributed by atoms with Gasteiger partial charge in [0, 0.05) is 25.7 Å². The largest absolute Gasteiger partial charge is 0.302 e. The molecule has 0 bridgehead atoms. The van der Waals surface area contributed by atoms with Crippen LogP contribution in [0.1, 0.15) is 40.5 Å². The summed E-state index contributed by atoms with van der Waals surface area (Å²) in [6.07, 6.45) is 2.48. The number of rotatable bonds is 5. The molecule has 1 heterocycles. The monoisotopic (exact) mass is 238 g/mol. The number of nitrogens with zero attached hydrogens (tertiary/aromatic N) is 2. The van der Waals surface area contributed by atoms with Crippen molar-refractivity contribution in [3.63, 3.8) is 0 Å². The Balaban J connectivity index is 2.29. The molecule has 0 aromatic carbocycles. The van der Waals surface area contributed by atoms with Crippen molar-refractivity contribution in [2.45, 2.75) is 46.6 Å². The average molecular weight is 238 g/mol. The molecule has 0 aromatic heterocycles. The Morgan fingerprint density at radius 1 is 1.06 bits per heavy atom. The van der Waals surface area contributed by atoms with Crippen molar-refractivity contribution in [1.29, 1.82) is 0 Å². The van der Waals surface area contributed by atoms with Gasteiger partial charge in [-0.3, -0.25) is 4.90 Å². The molecule has 0 unspecified atom stereocenters. The van der Waals surface area contributed by atoms with Crippen molar-refractivity contribution in [2.24, 2.45) is 5.92 Å². The average Bonchev–Trinajstić information content (AvgIpc) is 2.50.